The molecule has 0 saturated carbocycles. The number of halogens is 1. The standard InChI is InChI=1S/C18H14FN3O/c19-13-6-8-15(9-7-13)21-16-10-11-20-17(12-16)18(23)22-14-4-2-1-3-5-14/h1-12H,(H,20,21)(H,22,23). The number of carbonyl (C=O) groups excluding carboxylic acids is 1. The molecule has 0 spiro atoms. The number of hydrogen-bond acceptors (Lipinski definition) is 3. The van der Waals surface area contributed by atoms with Gasteiger partial charge in [0.25, 0.3) is 5.91 Å². The summed E-state index contributed by atoms with van der Waals surface area (Å²) in [5.41, 5.74) is 2.42. The van der Waals surface area contributed by atoms with E-state index in [2.05, 4.69) is 15.6 Å². The van der Waals surface area contributed by atoms with Gasteiger partial charge in [0.2, 0.25) is 0 Å². The first-order chi connectivity index (χ1) is 11.2. The van der Waals surface area contributed by atoms with Crippen molar-refractivity contribution in [1.82, 2.24) is 4.98 Å². The summed E-state index contributed by atoms with van der Waals surface area (Å²) in [6.07, 6.45) is 1.55. The Kier molecular flexibility index (Phi) is 4.29. The Bertz CT molecular complexity index is 804. The number of carbonyl (C=O) groups is 1. The Hall–Kier alpha value is -3.21. The van der Waals surface area contributed by atoms with Crippen LogP contribution >= 0.6 is 0 Å². The second-order valence-corrected chi connectivity index (χ2v) is 4.88. The fourth-order valence-corrected chi connectivity index (χ4v) is 2.05. The maximum atomic E-state index is 12.9. The van der Waals surface area contributed by atoms with Gasteiger partial charge in [0.1, 0.15) is 11.5 Å². The summed E-state index contributed by atoms with van der Waals surface area (Å²) in [7, 11) is 0. The zero-order valence-corrected chi connectivity index (χ0v) is 12.2. The lowest BCUT2D eigenvalue weighted by Gasteiger charge is -2.08. The summed E-state index contributed by atoms with van der Waals surface area (Å²) in [6.45, 7) is 0. The maximum Gasteiger partial charge on any atom is 0.274 e. The van der Waals surface area contributed by atoms with Crippen LogP contribution in [0.5, 0.6) is 0 Å². The van der Waals surface area contributed by atoms with Gasteiger partial charge in [-0.05, 0) is 48.5 Å². The minimum Gasteiger partial charge on any atom is -0.355 e. The van der Waals surface area contributed by atoms with Crippen LogP contribution in [0.25, 0.3) is 0 Å². The molecule has 23 heavy (non-hydrogen) atoms. The van der Waals surface area contributed by atoms with Crippen molar-refractivity contribution in [2.75, 3.05) is 10.6 Å². The van der Waals surface area contributed by atoms with E-state index in [0.29, 0.717) is 17.1 Å². The molecule has 5 heteroatoms. The molecule has 1 amide bonds. The van der Waals surface area contributed by atoms with Crippen LogP contribution < -0.4 is 10.6 Å². The molecule has 0 bridgehead atoms. The van der Waals surface area contributed by atoms with Gasteiger partial charge in [-0.15, -0.1) is 0 Å². The average Bonchev–Trinajstić information content (AvgIpc) is 2.58. The molecule has 0 aliphatic carbocycles. The molecule has 3 rings (SSSR count). The second kappa shape index (κ2) is 6.70. The van der Waals surface area contributed by atoms with Gasteiger partial charge in [-0.3, -0.25) is 9.78 Å². The number of nitrogens with zero attached hydrogens (tertiary/aromatic N) is 1. The van der Waals surface area contributed by atoms with Gasteiger partial charge in [-0.1, -0.05) is 18.2 Å². The number of hydrogen-bond donors (Lipinski definition) is 2. The molecule has 1 heterocycles. The Morgan fingerprint density at radius 2 is 1.61 bits per heavy atom. The van der Waals surface area contributed by atoms with Crippen LogP contribution in [0, 0.1) is 5.82 Å². The molecule has 0 fully saturated rings. The molecular weight excluding hydrogens is 293 g/mol. The number of anilines is 3. The molecule has 114 valence electrons. The molecule has 3 aromatic rings. The van der Waals surface area contributed by atoms with Gasteiger partial charge in [-0.25, -0.2) is 4.39 Å². The van der Waals surface area contributed by atoms with Crippen molar-refractivity contribution in [1.29, 1.82) is 0 Å². The normalized spacial score (nSPS) is 10.1. The minimum absolute atomic E-state index is 0.293. The van der Waals surface area contributed by atoms with Crippen LogP contribution in [-0.4, -0.2) is 10.9 Å². The van der Waals surface area contributed by atoms with E-state index in [1.54, 1.807) is 42.6 Å². The highest BCUT2D eigenvalue weighted by molar-refractivity contribution is 6.03. The quantitative estimate of drug-likeness (QED) is 0.759. The van der Waals surface area contributed by atoms with Gasteiger partial charge < -0.3 is 10.6 Å². The van der Waals surface area contributed by atoms with Crippen molar-refractivity contribution >= 4 is 23.0 Å². The van der Waals surface area contributed by atoms with Gasteiger partial charge in [0.15, 0.2) is 0 Å². The second-order valence-electron chi connectivity index (χ2n) is 4.88. The molecule has 0 saturated heterocycles. The van der Waals surface area contributed by atoms with Gasteiger partial charge in [0, 0.05) is 23.3 Å². The summed E-state index contributed by atoms with van der Waals surface area (Å²) in [4.78, 5) is 16.3. The van der Waals surface area contributed by atoms with Crippen LogP contribution in [0.15, 0.2) is 72.9 Å². The zero-order valence-electron chi connectivity index (χ0n) is 12.2. The largest absolute Gasteiger partial charge is 0.355 e. The first-order valence-corrected chi connectivity index (χ1v) is 7.06. The number of aromatic nitrogens is 1. The third-order valence-electron chi connectivity index (χ3n) is 3.16. The third kappa shape index (κ3) is 3.91. The van der Waals surface area contributed by atoms with E-state index in [9.17, 15) is 9.18 Å². The zero-order chi connectivity index (χ0) is 16.1. The number of rotatable bonds is 4. The molecule has 1 aromatic heterocycles. The topological polar surface area (TPSA) is 54.0 Å². The predicted octanol–water partition coefficient (Wildman–Crippen LogP) is 4.22. The van der Waals surface area contributed by atoms with Crippen molar-refractivity contribution in [3.8, 4) is 0 Å². The molecular formula is C18H14FN3O. The Morgan fingerprint density at radius 3 is 2.35 bits per heavy atom. The maximum absolute atomic E-state index is 12.9. The Labute approximate surface area is 133 Å². The number of para-hydroxylation sites is 1. The van der Waals surface area contributed by atoms with Gasteiger partial charge >= 0.3 is 0 Å². The molecule has 2 aromatic carbocycles. The first kappa shape index (κ1) is 14.7. The fraction of sp³-hybridized carbons (Fsp3) is 0. The summed E-state index contributed by atoms with van der Waals surface area (Å²) in [6, 6.07) is 18.5. The average molecular weight is 307 g/mol. The van der Waals surface area contributed by atoms with E-state index in [1.165, 1.54) is 12.1 Å². The Balaban J connectivity index is 1.74. The van der Waals surface area contributed by atoms with E-state index in [4.69, 9.17) is 0 Å². The van der Waals surface area contributed by atoms with E-state index < -0.39 is 0 Å². The molecule has 0 aliphatic rings. The van der Waals surface area contributed by atoms with Crippen molar-refractivity contribution in [3.05, 3.63) is 84.4 Å². The monoisotopic (exact) mass is 307 g/mol. The molecule has 0 aliphatic heterocycles. The summed E-state index contributed by atoms with van der Waals surface area (Å²) < 4.78 is 12.9. The van der Waals surface area contributed by atoms with Crippen molar-refractivity contribution in [3.63, 3.8) is 0 Å². The number of nitrogens with one attached hydrogen (secondary N) is 2. The van der Waals surface area contributed by atoms with Crippen LogP contribution in [0.4, 0.5) is 21.5 Å². The summed E-state index contributed by atoms with van der Waals surface area (Å²) in [5.74, 6) is -0.591. The summed E-state index contributed by atoms with van der Waals surface area (Å²) >= 11 is 0. The van der Waals surface area contributed by atoms with Crippen LogP contribution in [0.3, 0.4) is 0 Å². The van der Waals surface area contributed by atoms with Gasteiger partial charge in [0.05, 0.1) is 0 Å². The van der Waals surface area contributed by atoms with E-state index in [-0.39, 0.29) is 11.7 Å². The van der Waals surface area contributed by atoms with Crippen LogP contribution in [-0.2, 0) is 0 Å². The summed E-state index contributed by atoms with van der Waals surface area (Å²) in [5, 5.41) is 5.88. The van der Waals surface area contributed by atoms with Gasteiger partial charge in [-0.2, -0.15) is 0 Å². The van der Waals surface area contributed by atoms with Crippen molar-refractivity contribution in [2.24, 2.45) is 0 Å². The lowest BCUT2D eigenvalue weighted by atomic mass is 10.2. The number of amides is 1. The predicted molar refractivity (Wildman–Crippen MR) is 88.3 cm³/mol. The van der Waals surface area contributed by atoms with E-state index in [0.717, 1.165) is 5.69 Å². The highest BCUT2D eigenvalue weighted by Gasteiger charge is 2.08. The molecule has 0 radical (unpaired) electrons. The molecule has 4 nitrogen and oxygen atoms in total. The van der Waals surface area contributed by atoms with Crippen molar-refractivity contribution < 1.29 is 9.18 Å². The highest BCUT2D eigenvalue weighted by atomic mass is 19.1. The Morgan fingerprint density at radius 1 is 0.870 bits per heavy atom. The molecule has 0 unspecified atom stereocenters. The fourth-order valence-electron chi connectivity index (χ4n) is 2.05. The SMILES string of the molecule is O=C(Nc1ccccc1)c1cc(Nc2ccc(F)cc2)ccn1. The van der Waals surface area contributed by atoms with E-state index >= 15 is 0 Å². The van der Waals surface area contributed by atoms with Crippen LogP contribution in [0.2, 0.25) is 0 Å². The molecule has 0 atom stereocenters. The number of benzene rings is 2. The van der Waals surface area contributed by atoms with Crippen LogP contribution in [0.1, 0.15) is 10.5 Å². The third-order valence-corrected chi connectivity index (χ3v) is 3.16. The minimum atomic E-state index is -0.298. The number of pyridine rings is 1. The molecule has 2 N–H and O–H groups in total. The smallest absolute Gasteiger partial charge is 0.274 e. The lowest BCUT2D eigenvalue weighted by Crippen LogP contribution is -2.13. The highest BCUT2D eigenvalue weighted by Crippen LogP contribution is 2.17. The first-order valence-electron chi connectivity index (χ1n) is 7.06. The van der Waals surface area contributed by atoms with Crippen molar-refractivity contribution in [2.45, 2.75) is 0 Å². The lowest BCUT2D eigenvalue weighted by molar-refractivity contribution is 0.102. The van der Waals surface area contributed by atoms with E-state index in [1.807, 2.05) is 18.2 Å².